The third kappa shape index (κ3) is 5.53. The van der Waals surface area contributed by atoms with Gasteiger partial charge in [0, 0.05) is 56.6 Å². The minimum absolute atomic E-state index is 0.821. The summed E-state index contributed by atoms with van der Waals surface area (Å²) in [6.45, 7) is 8.75. The van der Waals surface area contributed by atoms with Gasteiger partial charge in [0.25, 0.3) is 0 Å². The number of nitrogen functional groups attached to an aromatic ring is 1. The van der Waals surface area contributed by atoms with Crippen LogP contribution in [0.15, 0.2) is 30.5 Å². The molecule has 0 bridgehead atoms. The number of hydrogen-bond acceptors (Lipinski definition) is 4. The third-order valence-corrected chi connectivity index (χ3v) is 4.01. The molecule has 1 aromatic carbocycles. The van der Waals surface area contributed by atoms with Crippen molar-refractivity contribution in [2.75, 3.05) is 52.2 Å². The zero-order chi connectivity index (χ0) is 16.5. The molecule has 0 fully saturated rings. The van der Waals surface area contributed by atoms with E-state index in [1.807, 2.05) is 12.1 Å². The van der Waals surface area contributed by atoms with E-state index in [9.17, 15) is 0 Å². The van der Waals surface area contributed by atoms with Crippen LogP contribution in [0.5, 0.6) is 0 Å². The standard InChI is InChI=1S/C18H30N4O/c1-3-14-23-15-13-21(2)11-8-20-9-12-22-10-7-16-17(19)5-4-6-18(16)22/h4-7,10,20H,3,8-9,11-15,19H2,1-2H3. The van der Waals surface area contributed by atoms with E-state index in [-0.39, 0.29) is 0 Å². The molecule has 2 aromatic rings. The lowest BCUT2D eigenvalue weighted by Gasteiger charge is -2.17. The molecule has 0 saturated heterocycles. The Kier molecular flexibility index (Phi) is 7.39. The fourth-order valence-corrected chi connectivity index (χ4v) is 2.62. The molecule has 0 radical (unpaired) electrons. The second-order valence-electron chi connectivity index (χ2n) is 5.95. The second kappa shape index (κ2) is 9.55. The number of hydrogen-bond donors (Lipinski definition) is 2. The van der Waals surface area contributed by atoms with Gasteiger partial charge in [0.2, 0.25) is 0 Å². The van der Waals surface area contributed by atoms with Gasteiger partial charge < -0.3 is 25.3 Å². The highest BCUT2D eigenvalue weighted by molar-refractivity contribution is 5.91. The SMILES string of the molecule is CCCOCCN(C)CCNCCn1ccc2c(N)cccc21. The number of nitrogens with two attached hydrogens (primary N) is 1. The predicted molar refractivity (Wildman–Crippen MR) is 97.8 cm³/mol. The van der Waals surface area contributed by atoms with Gasteiger partial charge in [0.15, 0.2) is 0 Å². The summed E-state index contributed by atoms with van der Waals surface area (Å²) in [5.74, 6) is 0. The average Bonchev–Trinajstić information content (AvgIpc) is 2.96. The first kappa shape index (κ1) is 17.8. The van der Waals surface area contributed by atoms with E-state index in [1.165, 1.54) is 5.52 Å². The van der Waals surface area contributed by atoms with Crippen LogP contribution in [0.3, 0.4) is 0 Å². The highest BCUT2D eigenvalue weighted by Gasteiger charge is 2.03. The molecular formula is C18H30N4O. The number of likely N-dealkylation sites (N-methyl/N-ethyl adjacent to an activating group) is 1. The summed E-state index contributed by atoms with van der Waals surface area (Å²) in [6.07, 6.45) is 3.20. The molecule has 0 aliphatic heterocycles. The number of aromatic nitrogens is 1. The van der Waals surface area contributed by atoms with E-state index in [0.29, 0.717) is 0 Å². The molecule has 0 aliphatic carbocycles. The van der Waals surface area contributed by atoms with Gasteiger partial charge >= 0.3 is 0 Å². The fourth-order valence-electron chi connectivity index (χ4n) is 2.62. The Labute approximate surface area is 139 Å². The van der Waals surface area contributed by atoms with E-state index in [4.69, 9.17) is 10.5 Å². The highest BCUT2D eigenvalue weighted by atomic mass is 16.5. The van der Waals surface area contributed by atoms with Gasteiger partial charge in [-0.05, 0) is 31.7 Å². The Morgan fingerprint density at radius 1 is 1.17 bits per heavy atom. The zero-order valence-electron chi connectivity index (χ0n) is 14.4. The minimum atomic E-state index is 0.821. The summed E-state index contributed by atoms with van der Waals surface area (Å²) in [6, 6.07) is 8.17. The fraction of sp³-hybridized carbons (Fsp3) is 0.556. The number of rotatable bonds is 11. The van der Waals surface area contributed by atoms with Gasteiger partial charge in [-0.1, -0.05) is 13.0 Å². The van der Waals surface area contributed by atoms with Crippen LogP contribution in [-0.4, -0.2) is 55.9 Å². The summed E-state index contributed by atoms with van der Waals surface area (Å²) >= 11 is 0. The molecule has 3 N–H and O–H groups in total. The van der Waals surface area contributed by atoms with Crippen molar-refractivity contribution in [2.24, 2.45) is 0 Å². The topological polar surface area (TPSA) is 55.5 Å². The van der Waals surface area contributed by atoms with E-state index in [0.717, 1.165) is 63.4 Å². The van der Waals surface area contributed by atoms with Gasteiger partial charge in [-0.3, -0.25) is 0 Å². The summed E-state index contributed by atoms with van der Waals surface area (Å²) in [7, 11) is 2.14. The smallest absolute Gasteiger partial charge is 0.0593 e. The van der Waals surface area contributed by atoms with Crippen LogP contribution in [0.25, 0.3) is 10.9 Å². The Balaban J connectivity index is 1.62. The molecule has 1 aromatic heterocycles. The Hall–Kier alpha value is -1.56. The maximum absolute atomic E-state index is 5.99. The molecule has 128 valence electrons. The minimum Gasteiger partial charge on any atom is -0.398 e. The number of benzene rings is 1. The normalized spacial score (nSPS) is 11.6. The van der Waals surface area contributed by atoms with E-state index >= 15 is 0 Å². The van der Waals surface area contributed by atoms with Gasteiger partial charge in [0.05, 0.1) is 12.1 Å². The summed E-state index contributed by atoms with van der Waals surface area (Å²) < 4.78 is 7.76. The maximum Gasteiger partial charge on any atom is 0.0593 e. The van der Waals surface area contributed by atoms with E-state index < -0.39 is 0 Å². The molecule has 1 heterocycles. The van der Waals surface area contributed by atoms with Crippen molar-refractivity contribution in [1.82, 2.24) is 14.8 Å². The molecule has 0 unspecified atom stereocenters. The maximum atomic E-state index is 5.99. The molecule has 0 aliphatic rings. The number of anilines is 1. The van der Waals surface area contributed by atoms with Crippen molar-refractivity contribution in [3.8, 4) is 0 Å². The van der Waals surface area contributed by atoms with Crippen LogP contribution in [0.2, 0.25) is 0 Å². The zero-order valence-corrected chi connectivity index (χ0v) is 14.4. The number of nitrogens with one attached hydrogen (secondary N) is 1. The molecule has 0 amide bonds. The van der Waals surface area contributed by atoms with Crippen LogP contribution < -0.4 is 11.1 Å². The van der Waals surface area contributed by atoms with Crippen molar-refractivity contribution < 1.29 is 4.74 Å². The molecular weight excluding hydrogens is 288 g/mol. The molecule has 5 heteroatoms. The summed E-state index contributed by atoms with van der Waals surface area (Å²) in [5.41, 5.74) is 8.05. The molecule has 0 spiro atoms. The summed E-state index contributed by atoms with van der Waals surface area (Å²) in [5, 5.41) is 4.64. The van der Waals surface area contributed by atoms with E-state index in [1.54, 1.807) is 0 Å². The second-order valence-corrected chi connectivity index (χ2v) is 5.95. The Morgan fingerprint density at radius 3 is 2.87 bits per heavy atom. The monoisotopic (exact) mass is 318 g/mol. The van der Waals surface area contributed by atoms with Crippen LogP contribution in [0, 0.1) is 0 Å². The van der Waals surface area contributed by atoms with Crippen LogP contribution in [0.1, 0.15) is 13.3 Å². The van der Waals surface area contributed by atoms with E-state index in [2.05, 4.69) is 47.1 Å². The number of nitrogens with zero attached hydrogens (tertiary/aromatic N) is 2. The molecule has 0 saturated carbocycles. The van der Waals surface area contributed by atoms with Gasteiger partial charge in [0.1, 0.15) is 0 Å². The first-order valence-corrected chi connectivity index (χ1v) is 8.52. The Morgan fingerprint density at radius 2 is 2.04 bits per heavy atom. The predicted octanol–water partition coefficient (Wildman–Crippen LogP) is 2.17. The van der Waals surface area contributed by atoms with Crippen molar-refractivity contribution >= 4 is 16.6 Å². The lowest BCUT2D eigenvalue weighted by Crippen LogP contribution is -2.32. The van der Waals surface area contributed by atoms with Crippen molar-refractivity contribution in [2.45, 2.75) is 19.9 Å². The first-order valence-electron chi connectivity index (χ1n) is 8.52. The average molecular weight is 318 g/mol. The third-order valence-electron chi connectivity index (χ3n) is 4.01. The molecule has 0 atom stereocenters. The van der Waals surface area contributed by atoms with Crippen molar-refractivity contribution in [1.29, 1.82) is 0 Å². The van der Waals surface area contributed by atoms with Crippen molar-refractivity contribution in [3.63, 3.8) is 0 Å². The molecule has 2 rings (SSSR count). The van der Waals surface area contributed by atoms with Gasteiger partial charge in [-0.2, -0.15) is 0 Å². The van der Waals surface area contributed by atoms with Crippen LogP contribution in [0.4, 0.5) is 5.69 Å². The largest absolute Gasteiger partial charge is 0.398 e. The number of fused-ring (bicyclic) bond motifs is 1. The first-order chi connectivity index (χ1) is 11.2. The summed E-state index contributed by atoms with van der Waals surface area (Å²) in [4.78, 5) is 2.30. The van der Waals surface area contributed by atoms with Crippen molar-refractivity contribution in [3.05, 3.63) is 30.5 Å². The molecule has 5 nitrogen and oxygen atoms in total. The van der Waals surface area contributed by atoms with Crippen LogP contribution >= 0.6 is 0 Å². The highest BCUT2D eigenvalue weighted by Crippen LogP contribution is 2.21. The van der Waals surface area contributed by atoms with Gasteiger partial charge in [-0.15, -0.1) is 0 Å². The van der Waals surface area contributed by atoms with Gasteiger partial charge in [-0.25, -0.2) is 0 Å². The number of ether oxygens (including phenoxy) is 1. The Bertz CT molecular complexity index is 581. The van der Waals surface area contributed by atoms with Crippen LogP contribution in [-0.2, 0) is 11.3 Å². The quantitative estimate of drug-likeness (QED) is 0.492. The lowest BCUT2D eigenvalue weighted by atomic mass is 10.2. The molecule has 23 heavy (non-hydrogen) atoms. The lowest BCUT2D eigenvalue weighted by molar-refractivity contribution is 0.112.